The Labute approximate surface area is 225 Å². The van der Waals surface area contributed by atoms with Crippen molar-refractivity contribution < 1.29 is 32.3 Å². The van der Waals surface area contributed by atoms with Crippen LogP contribution in [0.5, 0.6) is 5.75 Å². The maximum absolute atomic E-state index is 13.1. The molecule has 3 aliphatic rings. The minimum atomic E-state index is -2.93. The number of esters is 1. The lowest BCUT2D eigenvalue weighted by Crippen LogP contribution is -2.46. The van der Waals surface area contributed by atoms with Gasteiger partial charge in [-0.2, -0.15) is 8.78 Å². The summed E-state index contributed by atoms with van der Waals surface area (Å²) in [4.78, 5) is 18.9. The number of hydrogen-bond donors (Lipinski definition) is 0. The number of aromatic nitrogens is 2. The molecule has 2 bridgehead atoms. The Morgan fingerprint density at radius 2 is 1.90 bits per heavy atom. The summed E-state index contributed by atoms with van der Waals surface area (Å²) in [6.45, 7) is -0.743. The predicted octanol–water partition coefficient (Wildman–Crippen LogP) is 6.03. The molecule has 1 saturated carbocycles. The van der Waals surface area contributed by atoms with Crippen LogP contribution in [-0.2, 0) is 16.1 Å². The van der Waals surface area contributed by atoms with Gasteiger partial charge in [0.1, 0.15) is 23.0 Å². The van der Waals surface area contributed by atoms with Gasteiger partial charge >= 0.3 is 12.6 Å². The van der Waals surface area contributed by atoms with Crippen LogP contribution in [0.4, 0.5) is 14.6 Å². The number of anilines is 1. The Kier molecular flexibility index (Phi) is 6.97. The lowest BCUT2D eigenvalue weighted by atomic mass is 9.98. The molecule has 0 N–H and O–H groups in total. The van der Waals surface area contributed by atoms with Crippen LogP contribution in [-0.4, -0.2) is 48.0 Å². The third kappa shape index (κ3) is 5.09. The number of para-hydroxylation sites is 1. The molecule has 4 heterocycles. The monoisotopic (exact) mass is 539 g/mol. The van der Waals surface area contributed by atoms with Crippen molar-refractivity contribution in [3.8, 4) is 17.0 Å². The normalized spacial score (nSPS) is 22.4. The van der Waals surface area contributed by atoms with Crippen LogP contribution < -0.4 is 9.64 Å². The molecule has 10 heteroatoms. The highest BCUT2D eigenvalue weighted by Gasteiger charge is 2.42. The number of ether oxygens (including phenoxy) is 3. The molecule has 39 heavy (non-hydrogen) atoms. The molecule has 3 fully saturated rings. The van der Waals surface area contributed by atoms with Crippen LogP contribution in [0.2, 0.25) is 0 Å². The number of methoxy groups -OCH3 is 1. The maximum atomic E-state index is 13.1. The fraction of sp³-hybridized carbons (Fsp3) is 0.483. The summed E-state index contributed by atoms with van der Waals surface area (Å²) in [6, 6.07) is 9.19. The van der Waals surface area contributed by atoms with Gasteiger partial charge in [-0.25, -0.2) is 9.78 Å². The SMILES string of the molecule is COC(=O)c1cnc(N2C3CC[C@H]2CC(OCc2c(-c4ccccc4OC(F)F)noc2C2CC2)C3)cc1C. The third-order valence-corrected chi connectivity index (χ3v) is 8.04. The number of halogens is 2. The minimum absolute atomic E-state index is 0.0385. The van der Waals surface area contributed by atoms with Crippen molar-refractivity contribution in [1.29, 1.82) is 0 Å². The van der Waals surface area contributed by atoms with Crippen molar-refractivity contribution in [3.63, 3.8) is 0 Å². The second-order valence-electron chi connectivity index (χ2n) is 10.6. The van der Waals surface area contributed by atoms with Gasteiger partial charge < -0.3 is 23.6 Å². The van der Waals surface area contributed by atoms with E-state index in [9.17, 15) is 13.6 Å². The first-order chi connectivity index (χ1) is 18.9. The van der Waals surface area contributed by atoms with Crippen LogP contribution in [0, 0.1) is 6.92 Å². The molecule has 2 aromatic heterocycles. The van der Waals surface area contributed by atoms with Crippen LogP contribution in [0.1, 0.15) is 71.7 Å². The average molecular weight is 540 g/mol. The molecule has 1 aromatic carbocycles. The first-order valence-electron chi connectivity index (χ1n) is 13.4. The van der Waals surface area contributed by atoms with Gasteiger partial charge in [0.2, 0.25) is 0 Å². The lowest BCUT2D eigenvalue weighted by molar-refractivity contribution is -0.0494. The summed E-state index contributed by atoms with van der Waals surface area (Å²) in [5.41, 5.74) is 3.10. The Balaban J connectivity index is 1.18. The van der Waals surface area contributed by atoms with Crippen molar-refractivity contribution in [3.05, 3.63) is 59.0 Å². The van der Waals surface area contributed by atoms with E-state index < -0.39 is 6.61 Å². The van der Waals surface area contributed by atoms with Crippen LogP contribution in [0.15, 0.2) is 41.1 Å². The fourth-order valence-corrected chi connectivity index (χ4v) is 6.04. The van der Waals surface area contributed by atoms with Gasteiger partial charge in [-0.1, -0.05) is 17.3 Å². The number of fused-ring (bicyclic) bond motifs is 2. The van der Waals surface area contributed by atoms with Crippen molar-refractivity contribution in [2.45, 2.75) is 82.8 Å². The molecule has 0 amide bonds. The van der Waals surface area contributed by atoms with Gasteiger partial charge in [-0.05, 0) is 69.2 Å². The topological polar surface area (TPSA) is 86.9 Å². The quantitative estimate of drug-likeness (QED) is 0.305. The van der Waals surface area contributed by atoms with Gasteiger partial charge in [-0.15, -0.1) is 0 Å². The highest BCUT2D eigenvalue weighted by molar-refractivity contribution is 5.90. The molecule has 3 aromatic rings. The van der Waals surface area contributed by atoms with E-state index in [4.69, 9.17) is 18.7 Å². The number of carbonyl (C=O) groups excluding carboxylic acids is 1. The Morgan fingerprint density at radius 3 is 2.56 bits per heavy atom. The van der Waals surface area contributed by atoms with Crippen molar-refractivity contribution in [2.24, 2.45) is 0 Å². The molecular formula is C29H31F2N3O5. The summed E-state index contributed by atoms with van der Waals surface area (Å²) in [6.07, 6.45) is 7.46. The number of rotatable bonds is 9. The number of nitrogens with zero attached hydrogens (tertiary/aromatic N) is 3. The Hall–Kier alpha value is -3.53. The lowest BCUT2D eigenvalue weighted by Gasteiger charge is -2.39. The molecule has 3 atom stereocenters. The Bertz CT molecular complexity index is 1340. The molecule has 206 valence electrons. The first kappa shape index (κ1) is 25.7. The van der Waals surface area contributed by atoms with Gasteiger partial charge in [0, 0.05) is 35.3 Å². The van der Waals surface area contributed by atoms with E-state index >= 15 is 0 Å². The van der Waals surface area contributed by atoms with Gasteiger partial charge in [0.25, 0.3) is 0 Å². The van der Waals surface area contributed by atoms with Crippen LogP contribution >= 0.6 is 0 Å². The van der Waals surface area contributed by atoms with Crippen LogP contribution in [0.3, 0.4) is 0 Å². The van der Waals surface area contributed by atoms with E-state index in [1.54, 1.807) is 24.4 Å². The molecule has 1 aliphatic carbocycles. The van der Waals surface area contributed by atoms with Gasteiger partial charge in [0.05, 0.1) is 25.4 Å². The molecule has 2 unspecified atom stereocenters. The number of pyridine rings is 1. The third-order valence-electron chi connectivity index (χ3n) is 8.04. The fourth-order valence-electron chi connectivity index (χ4n) is 6.04. The van der Waals surface area contributed by atoms with E-state index in [0.29, 0.717) is 23.4 Å². The molecule has 0 spiro atoms. The summed E-state index contributed by atoms with van der Waals surface area (Å²) in [5, 5.41) is 4.28. The molecule has 6 rings (SSSR count). The van der Waals surface area contributed by atoms with Crippen molar-refractivity contribution in [2.75, 3.05) is 12.0 Å². The first-order valence-corrected chi connectivity index (χ1v) is 13.4. The number of piperidine rings is 1. The summed E-state index contributed by atoms with van der Waals surface area (Å²) in [7, 11) is 1.37. The summed E-state index contributed by atoms with van der Waals surface area (Å²) in [5.74, 6) is 1.62. The molecule has 0 radical (unpaired) electrons. The zero-order chi connectivity index (χ0) is 27.1. The van der Waals surface area contributed by atoms with Crippen molar-refractivity contribution >= 4 is 11.8 Å². The zero-order valence-corrected chi connectivity index (χ0v) is 21.9. The zero-order valence-electron chi connectivity index (χ0n) is 21.9. The van der Waals surface area contributed by atoms with Crippen LogP contribution in [0.25, 0.3) is 11.3 Å². The van der Waals surface area contributed by atoms with E-state index in [0.717, 1.165) is 61.2 Å². The standard InChI is InChI=1S/C29H31F2N3O5/c1-16-11-25(32-14-22(16)28(35)36-2)34-18-9-10-19(34)13-20(12-18)37-15-23-26(33-39-27(23)17-7-8-17)21-5-3-4-6-24(21)38-29(30)31/h3-6,11,14,17-20,29H,7-10,12-13,15H2,1-2H3/t18-,19?,20?/m0/s1. The van der Waals surface area contributed by atoms with E-state index in [1.165, 1.54) is 13.2 Å². The summed E-state index contributed by atoms with van der Waals surface area (Å²) < 4.78 is 48.0. The number of aryl methyl sites for hydroxylation is 1. The van der Waals surface area contributed by atoms with E-state index in [-0.39, 0.29) is 35.8 Å². The predicted molar refractivity (Wildman–Crippen MR) is 138 cm³/mol. The molecule has 2 aliphatic heterocycles. The molecular weight excluding hydrogens is 508 g/mol. The maximum Gasteiger partial charge on any atom is 0.387 e. The molecule has 8 nitrogen and oxygen atoms in total. The van der Waals surface area contributed by atoms with E-state index in [1.807, 2.05) is 13.0 Å². The number of alkyl halides is 2. The second-order valence-corrected chi connectivity index (χ2v) is 10.6. The smallest absolute Gasteiger partial charge is 0.387 e. The number of carbonyl (C=O) groups is 1. The number of hydrogen-bond acceptors (Lipinski definition) is 8. The Morgan fingerprint density at radius 1 is 1.15 bits per heavy atom. The highest BCUT2D eigenvalue weighted by atomic mass is 19.3. The van der Waals surface area contributed by atoms with Gasteiger partial charge in [-0.3, -0.25) is 0 Å². The number of benzene rings is 1. The molecule has 2 saturated heterocycles. The van der Waals surface area contributed by atoms with E-state index in [2.05, 4.69) is 15.0 Å². The average Bonchev–Trinajstić information content (AvgIpc) is 3.63. The largest absolute Gasteiger partial charge is 0.465 e. The van der Waals surface area contributed by atoms with Crippen molar-refractivity contribution in [1.82, 2.24) is 10.1 Å². The summed E-state index contributed by atoms with van der Waals surface area (Å²) >= 11 is 0. The minimum Gasteiger partial charge on any atom is -0.465 e. The van der Waals surface area contributed by atoms with Gasteiger partial charge in [0.15, 0.2) is 0 Å². The second kappa shape index (κ2) is 10.6. The highest BCUT2D eigenvalue weighted by Crippen LogP contribution is 2.46.